The van der Waals surface area contributed by atoms with Gasteiger partial charge in [0.15, 0.2) is 14.8 Å². The molecule has 0 bridgehead atoms. The predicted octanol–water partition coefficient (Wildman–Crippen LogP) is 3.79. The Bertz CT molecular complexity index is 1020. The van der Waals surface area contributed by atoms with Gasteiger partial charge in [-0.2, -0.15) is 5.10 Å². The molecule has 0 aliphatic heterocycles. The van der Waals surface area contributed by atoms with Crippen molar-refractivity contribution in [1.82, 2.24) is 29.7 Å². The zero-order chi connectivity index (χ0) is 15.8. The quantitative estimate of drug-likeness (QED) is 0.444. The van der Waals surface area contributed by atoms with E-state index in [1.165, 1.54) is 29.4 Å². The van der Waals surface area contributed by atoms with E-state index in [-0.39, 0.29) is 0 Å². The van der Waals surface area contributed by atoms with Crippen LogP contribution in [-0.4, -0.2) is 29.7 Å². The van der Waals surface area contributed by atoms with Crippen molar-refractivity contribution in [2.45, 2.75) is 17.1 Å². The lowest BCUT2D eigenvalue weighted by Crippen LogP contribution is -1.98. The average Bonchev–Trinajstić information content (AvgIpc) is 3.15. The fraction of sp³-hybridized carbons (Fsp3) is 0.0714. The number of hydrogen-bond donors (Lipinski definition) is 1. The largest absolute Gasteiger partial charge is 0.276 e. The first-order chi connectivity index (χ1) is 11.2. The molecule has 0 fully saturated rings. The first-order valence-corrected chi connectivity index (χ1v) is 8.75. The van der Waals surface area contributed by atoms with E-state index in [9.17, 15) is 0 Å². The van der Waals surface area contributed by atoms with Gasteiger partial charge in [0.2, 0.25) is 0 Å². The zero-order valence-electron chi connectivity index (χ0n) is 11.9. The van der Waals surface area contributed by atoms with Crippen molar-refractivity contribution in [2.24, 2.45) is 0 Å². The average molecular weight is 358 g/mol. The van der Waals surface area contributed by atoms with Crippen LogP contribution in [-0.2, 0) is 0 Å². The van der Waals surface area contributed by atoms with Crippen LogP contribution < -0.4 is 0 Å². The van der Waals surface area contributed by atoms with Crippen LogP contribution in [0.25, 0.3) is 16.0 Å². The molecule has 0 unspecified atom stereocenters. The number of rotatable bonds is 3. The Hall–Kier alpha value is -2.10. The minimum absolute atomic E-state index is 0.690. The summed E-state index contributed by atoms with van der Waals surface area (Å²) in [6.45, 7) is 1.87. The van der Waals surface area contributed by atoms with Crippen molar-refractivity contribution in [1.29, 1.82) is 0 Å². The number of fused-ring (bicyclic) bond motifs is 1. The molecule has 0 aliphatic rings. The lowest BCUT2D eigenvalue weighted by atomic mass is 10.3. The maximum atomic E-state index is 5.55. The Morgan fingerprint density at radius 2 is 2.04 bits per heavy atom. The summed E-state index contributed by atoms with van der Waals surface area (Å²) >= 11 is 8.48. The second-order valence-electron chi connectivity index (χ2n) is 4.66. The number of para-hydroxylation sites is 1. The molecule has 0 amide bonds. The van der Waals surface area contributed by atoms with Gasteiger partial charge in [-0.05, 0) is 43.0 Å². The Morgan fingerprint density at radius 1 is 1.22 bits per heavy atom. The third kappa shape index (κ3) is 2.67. The van der Waals surface area contributed by atoms with Crippen LogP contribution in [0.5, 0.6) is 0 Å². The number of aromatic nitrogens is 6. The highest BCUT2D eigenvalue weighted by Gasteiger charge is 2.16. The van der Waals surface area contributed by atoms with Gasteiger partial charge in [0.05, 0.1) is 0 Å². The monoisotopic (exact) mass is 358 g/mol. The van der Waals surface area contributed by atoms with E-state index in [2.05, 4.69) is 25.1 Å². The minimum atomic E-state index is 0.690. The van der Waals surface area contributed by atoms with E-state index in [0.717, 1.165) is 25.0 Å². The maximum Gasteiger partial charge on any atom is 0.189 e. The number of hydrogen-bond acceptors (Lipinski definition) is 7. The topological polar surface area (TPSA) is 72.3 Å². The summed E-state index contributed by atoms with van der Waals surface area (Å²) in [6.07, 6.45) is 1.48. The Balaban J connectivity index is 1.95. The van der Waals surface area contributed by atoms with E-state index >= 15 is 0 Å². The van der Waals surface area contributed by atoms with Gasteiger partial charge in [0.1, 0.15) is 21.9 Å². The van der Waals surface area contributed by atoms with Gasteiger partial charge in [-0.1, -0.05) is 29.5 Å². The van der Waals surface area contributed by atoms with Crippen LogP contribution in [0.2, 0.25) is 0 Å². The fourth-order valence-electron chi connectivity index (χ4n) is 2.19. The molecule has 0 aliphatic carbocycles. The lowest BCUT2D eigenvalue weighted by Gasteiger charge is -2.05. The second-order valence-corrected chi connectivity index (χ2v) is 7.28. The fourth-order valence-corrected chi connectivity index (χ4v) is 4.45. The number of nitrogens with zero attached hydrogens (tertiary/aromatic N) is 5. The van der Waals surface area contributed by atoms with Crippen LogP contribution in [0.15, 0.2) is 46.8 Å². The summed E-state index contributed by atoms with van der Waals surface area (Å²) in [4.78, 5) is 13.3. The lowest BCUT2D eigenvalue weighted by molar-refractivity contribution is 0.952. The van der Waals surface area contributed by atoms with Crippen molar-refractivity contribution in [3.8, 4) is 5.69 Å². The number of aryl methyl sites for hydroxylation is 1. The Morgan fingerprint density at radius 3 is 2.78 bits per heavy atom. The Kier molecular flexibility index (Phi) is 3.68. The molecule has 23 heavy (non-hydrogen) atoms. The number of aromatic amines is 1. The summed E-state index contributed by atoms with van der Waals surface area (Å²) in [6, 6.07) is 9.98. The summed E-state index contributed by atoms with van der Waals surface area (Å²) in [7, 11) is 0. The van der Waals surface area contributed by atoms with Crippen LogP contribution in [0.4, 0.5) is 0 Å². The highest BCUT2D eigenvalue weighted by Crippen LogP contribution is 2.34. The van der Waals surface area contributed by atoms with Crippen molar-refractivity contribution in [3.05, 3.63) is 46.4 Å². The highest BCUT2D eigenvalue weighted by molar-refractivity contribution is 7.99. The van der Waals surface area contributed by atoms with E-state index in [4.69, 9.17) is 12.2 Å². The molecular formula is C14H10N6S3. The molecule has 1 aromatic carbocycles. The van der Waals surface area contributed by atoms with Gasteiger partial charge in [0.25, 0.3) is 0 Å². The molecule has 0 atom stereocenters. The summed E-state index contributed by atoms with van der Waals surface area (Å²) in [5.41, 5.74) is 1.82. The van der Waals surface area contributed by atoms with Gasteiger partial charge >= 0.3 is 0 Å². The molecule has 9 heteroatoms. The van der Waals surface area contributed by atoms with Crippen molar-refractivity contribution in [3.63, 3.8) is 0 Å². The maximum absolute atomic E-state index is 5.55. The predicted molar refractivity (Wildman–Crippen MR) is 92.8 cm³/mol. The van der Waals surface area contributed by atoms with E-state index in [1.807, 2.05) is 41.8 Å². The number of thiazole rings is 1. The molecule has 4 aromatic rings. The second kappa shape index (κ2) is 5.84. The normalized spacial score (nSPS) is 11.2. The standard InChI is InChI=1S/C14H10N6S3/c1-8-17-11-10(12(18-8)23-13-15-7-16-19-13)22-14(21)20(11)9-5-3-2-4-6-9/h2-7H,1H3,(H,15,16,19). The molecule has 0 saturated carbocycles. The van der Waals surface area contributed by atoms with Crippen molar-refractivity contribution >= 4 is 45.7 Å². The first-order valence-electron chi connectivity index (χ1n) is 6.71. The molecular weight excluding hydrogens is 348 g/mol. The highest BCUT2D eigenvalue weighted by atomic mass is 32.2. The van der Waals surface area contributed by atoms with Crippen LogP contribution in [0.1, 0.15) is 5.82 Å². The summed E-state index contributed by atoms with van der Waals surface area (Å²) in [5.74, 6) is 0.692. The molecule has 114 valence electrons. The van der Waals surface area contributed by atoms with Gasteiger partial charge in [0, 0.05) is 5.69 Å². The summed E-state index contributed by atoms with van der Waals surface area (Å²) in [5, 5.41) is 8.22. The number of benzene rings is 1. The van der Waals surface area contributed by atoms with Gasteiger partial charge in [-0.3, -0.25) is 9.67 Å². The third-order valence-electron chi connectivity index (χ3n) is 3.11. The van der Waals surface area contributed by atoms with Gasteiger partial charge in [-0.15, -0.1) is 0 Å². The molecule has 3 aromatic heterocycles. The molecule has 1 N–H and O–H groups in total. The van der Waals surface area contributed by atoms with Crippen LogP contribution >= 0.6 is 35.3 Å². The Labute approximate surface area is 144 Å². The van der Waals surface area contributed by atoms with Crippen molar-refractivity contribution in [2.75, 3.05) is 0 Å². The summed E-state index contributed by atoms with van der Waals surface area (Å²) < 4.78 is 3.67. The molecule has 0 saturated heterocycles. The van der Waals surface area contributed by atoms with E-state index < -0.39 is 0 Å². The molecule has 0 spiro atoms. The van der Waals surface area contributed by atoms with Crippen LogP contribution in [0, 0.1) is 10.9 Å². The van der Waals surface area contributed by atoms with Gasteiger partial charge in [-0.25, -0.2) is 15.0 Å². The van der Waals surface area contributed by atoms with Gasteiger partial charge < -0.3 is 0 Å². The molecule has 3 heterocycles. The molecule has 4 rings (SSSR count). The first kappa shape index (κ1) is 14.5. The third-order valence-corrected chi connectivity index (χ3v) is 5.49. The van der Waals surface area contributed by atoms with Crippen molar-refractivity contribution < 1.29 is 0 Å². The van der Waals surface area contributed by atoms with E-state index in [0.29, 0.717) is 11.0 Å². The molecule has 6 nitrogen and oxygen atoms in total. The number of nitrogens with one attached hydrogen (secondary N) is 1. The number of H-pyrrole nitrogens is 1. The zero-order valence-corrected chi connectivity index (χ0v) is 14.4. The van der Waals surface area contributed by atoms with E-state index in [1.54, 1.807) is 0 Å². The minimum Gasteiger partial charge on any atom is -0.276 e. The SMILES string of the molecule is Cc1nc(Sc2ncn[nH]2)c2sc(=S)n(-c3ccccc3)c2n1. The smallest absolute Gasteiger partial charge is 0.189 e. The molecule has 0 radical (unpaired) electrons. The van der Waals surface area contributed by atoms with Crippen LogP contribution in [0.3, 0.4) is 0 Å².